The van der Waals surface area contributed by atoms with Crippen LogP contribution in [0.5, 0.6) is 0 Å². The van der Waals surface area contributed by atoms with Crippen molar-refractivity contribution in [2.45, 2.75) is 31.6 Å². The first-order valence-electron chi connectivity index (χ1n) is 9.01. The molecule has 0 bridgehead atoms. The van der Waals surface area contributed by atoms with Gasteiger partial charge in [0.15, 0.2) is 0 Å². The van der Waals surface area contributed by atoms with E-state index in [4.69, 9.17) is 4.74 Å². The Morgan fingerprint density at radius 2 is 1.64 bits per heavy atom. The molecule has 1 amide bonds. The smallest absolute Gasteiger partial charge is 0.407 e. The van der Waals surface area contributed by atoms with E-state index in [2.05, 4.69) is 48.3 Å². The van der Waals surface area contributed by atoms with E-state index in [1.807, 2.05) is 18.2 Å². The third-order valence-electron chi connectivity index (χ3n) is 4.70. The van der Waals surface area contributed by atoms with Gasteiger partial charge in [0, 0.05) is 12.5 Å². The van der Waals surface area contributed by atoms with Gasteiger partial charge in [-0.25, -0.2) is 4.79 Å². The second-order valence-corrected chi connectivity index (χ2v) is 6.39. The summed E-state index contributed by atoms with van der Waals surface area (Å²) in [5.74, 6) is 0.116. The van der Waals surface area contributed by atoms with Crippen molar-refractivity contribution in [3.8, 4) is 11.1 Å². The molecular formula is C22H25NO2. The van der Waals surface area contributed by atoms with Crippen LogP contribution >= 0.6 is 0 Å². The molecule has 0 saturated heterocycles. The van der Waals surface area contributed by atoms with E-state index >= 15 is 0 Å². The lowest BCUT2D eigenvalue weighted by Crippen LogP contribution is -2.27. The third kappa shape index (κ3) is 4.11. The molecule has 3 nitrogen and oxygen atoms in total. The number of nitrogens with one attached hydrogen (secondary N) is 1. The predicted octanol–water partition coefficient (Wildman–Crippen LogP) is 5.27. The van der Waals surface area contributed by atoms with Crippen LogP contribution in [0, 0.1) is 0 Å². The van der Waals surface area contributed by atoms with Gasteiger partial charge in [0.1, 0.15) is 6.61 Å². The molecule has 25 heavy (non-hydrogen) atoms. The minimum atomic E-state index is -0.328. The van der Waals surface area contributed by atoms with Crippen molar-refractivity contribution in [3.63, 3.8) is 0 Å². The van der Waals surface area contributed by atoms with Gasteiger partial charge in [0.2, 0.25) is 0 Å². The maximum Gasteiger partial charge on any atom is 0.407 e. The van der Waals surface area contributed by atoms with Gasteiger partial charge in [-0.2, -0.15) is 0 Å². The van der Waals surface area contributed by atoms with Gasteiger partial charge in [-0.05, 0) is 41.5 Å². The zero-order chi connectivity index (χ0) is 17.5. The monoisotopic (exact) mass is 335 g/mol. The van der Waals surface area contributed by atoms with Crippen molar-refractivity contribution < 1.29 is 9.53 Å². The van der Waals surface area contributed by atoms with E-state index in [1.54, 1.807) is 0 Å². The number of carbonyl (C=O) groups is 1. The van der Waals surface area contributed by atoms with E-state index < -0.39 is 0 Å². The van der Waals surface area contributed by atoms with E-state index in [1.165, 1.54) is 22.3 Å². The van der Waals surface area contributed by atoms with Crippen LogP contribution < -0.4 is 5.32 Å². The summed E-state index contributed by atoms with van der Waals surface area (Å²) in [5, 5.41) is 2.84. The Morgan fingerprint density at radius 3 is 2.28 bits per heavy atom. The average molecular weight is 335 g/mol. The highest BCUT2D eigenvalue weighted by molar-refractivity contribution is 5.79. The summed E-state index contributed by atoms with van der Waals surface area (Å²) in [6, 6.07) is 16.7. The minimum Gasteiger partial charge on any atom is -0.449 e. The number of hydrogen-bond donors (Lipinski definition) is 1. The zero-order valence-electron chi connectivity index (χ0n) is 14.5. The number of alkyl carbamates (subject to hydrolysis) is 1. The molecule has 0 heterocycles. The van der Waals surface area contributed by atoms with Gasteiger partial charge in [-0.1, -0.05) is 61.0 Å². The lowest BCUT2D eigenvalue weighted by molar-refractivity contribution is 0.143. The lowest BCUT2D eigenvalue weighted by Gasteiger charge is -2.14. The fraction of sp³-hybridized carbons (Fsp3) is 0.318. The number of rotatable bonds is 8. The summed E-state index contributed by atoms with van der Waals surface area (Å²) in [4.78, 5) is 12.0. The Balaban J connectivity index is 1.53. The molecule has 0 aliphatic heterocycles. The fourth-order valence-corrected chi connectivity index (χ4v) is 3.43. The number of unbranched alkanes of at least 4 members (excludes halogenated alkanes) is 3. The maximum atomic E-state index is 12.0. The van der Waals surface area contributed by atoms with E-state index in [0.29, 0.717) is 13.2 Å². The normalized spacial score (nSPS) is 12.3. The summed E-state index contributed by atoms with van der Waals surface area (Å²) < 4.78 is 5.50. The van der Waals surface area contributed by atoms with Crippen molar-refractivity contribution in [1.29, 1.82) is 0 Å². The van der Waals surface area contributed by atoms with Crippen LogP contribution in [-0.2, 0) is 4.74 Å². The van der Waals surface area contributed by atoms with Gasteiger partial charge >= 0.3 is 6.09 Å². The Hall–Kier alpha value is -2.55. The van der Waals surface area contributed by atoms with Crippen LogP contribution in [0.1, 0.15) is 42.7 Å². The first kappa shape index (κ1) is 17.3. The van der Waals surface area contributed by atoms with Gasteiger partial charge in [0.05, 0.1) is 0 Å². The van der Waals surface area contributed by atoms with E-state index in [9.17, 15) is 4.79 Å². The quantitative estimate of drug-likeness (QED) is 0.527. The SMILES string of the molecule is C=CCCCCCNC(=O)OCC1c2ccccc2-c2ccccc21. The molecule has 0 atom stereocenters. The highest BCUT2D eigenvalue weighted by Gasteiger charge is 2.28. The van der Waals surface area contributed by atoms with Gasteiger partial charge in [-0.3, -0.25) is 0 Å². The van der Waals surface area contributed by atoms with Crippen LogP contribution in [-0.4, -0.2) is 19.2 Å². The van der Waals surface area contributed by atoms with Crippen LogP contribution in [0.25, 0.3) is 11.1 Å². The number of benzene rings is 2. The molecule has 0 unspecified atom stereocenters. The maximum absolute atomic E-state index is 12.0. The molecule has 1 N–H and O–H groups in total. The van der Waals surface area contributed by atoms with E-state index in [0.717, 1.165) is 25.7 Å². The molecule has 3 heteroatoms. The molecule has 0 radical (unpaired) electrons. The standard InChI is InChI=1S/C22H25NO2/c1-2-3-4-5-10-15-23-22(24)25-16-21-19-13-8-6-11-17(19)18-12-7-9-14-20(18)21/h2,6-9,11-14,21H,1,3-5,10,15-16H2,(H,23,24). The fourth-order valence-electron chi connectivity index (χ4n) is 3.43. The third-order valence-corrected chi connectivity index (χ3v) is 4.70. The summed E-state index contributed by atoms with van der Waals surface area (Å²) in [6.07, 6.45) is 5.82. The summed E-state index contributed by atoms with van der Waals surface area (Å²) >= 11 is 0. The number of ether oxygens (including phenoxy) is 1. The molecule has 3 rings (SSSR count). The van der Waals surface area contributed by atoms with Crippen LogP contribution in [0.3, 0.4) is 0 Å². The predicted molar refractivity (Wildman–Crippen MR) is 102 cm³/mol. The zero-order valence-corrected chi connectivity index (χ0v) is 14.5. The largest absolute Gasteiger partial charge is 0.449 e. The average Bonchev–Trinajstić information content (AvgIpc) is 2.97. The minimum absolute atomic E-state index is 0.116. The molecular weight excluding hydrogens is 310 g/mol. The molecule has 0 spiro atoms. The number of allylic oxidation sites excluding steroid dienone is 1. The van der Waals surface area contributed by atoms with Crippen LogP contribution in [0.15, 0.2) is 61.2 Å². The Kier molecular flexibility index (Phi) is 5.89. The summed E-state index contributed by atoms with van der Waals surface area (Å²) in [6.45, 7) is 4.74. The molecule has 0 fully saturated rings. The number of amides is 1. The first-order valence-corrected chi connectivity index (χ1v) is 9.01. The van der Waals surface area contributed by atoms with Crippen molar-refractivity contribution >= 4 is 6.09 Å². The molecule has 1 aliphatic carbocycles. The molecule has 0 aromatic heterocycles. The molecule has 0 saturated carbocycles. The Bertz CT molecular complexity index is 693. The van der Waals surface area contributed by atoms with E-state index in [-0.39, 0.29) is 12.0 Å². The Labute approximate surface area is 149 Å². The summed E-state index contributed by atoms with van der Waals surface area (Å²) in [7, 11) is 0. The highest BCUT2D eigenvalue weighted by atomic mass is 16.5. The molecule has 2 aromatic rings. The number of fused-ring (bicyclic) bond motifs is 3. The number of carbonyl (C=O) groups excluding carboxylic acids is 1. The molecule has 130 valence electrons. The van der Waals surface area contributed by atoms with Gasteiger partial charge in [0.25, 0.3) is 0 Å². The van der Waals surface area contributed by atoms with Gasteiger partial charge in [-0.15, -0.1) is 6.58 Å². The second-order valence-electron chi connectivity index (χ2n) is 6.39. The van der Waals surface area contributed by atoms with Gasteiger partial charge < -0.3 is 10.1 Å². The van der Waals surface area contributed by atoms with Crippen molar-refractivity contribution in [3.05, 3.63) is 72.3 Å². The van der Waals surface area contributed by atoms with Crippen LogP contribution in [0.4, 0.5) is 4.79 Å². The van der Waals surface area contributed by atoms with Crippen molar-refractivity contribution in [2.24, 2.45) is 0 Å². The molecule has 2 aromatic carbocycles. The first-order chi connectivity index (χ1) is 12.3. The summed E-state index contributed by atoms with van der Waals surface area (Å²) in [5.41, 5.74) is 4.96. The lowest BCUT2D eigenvalue weighted by atomic mass is 9.98. The van der Waals surface area contributed by atoms with Crippen molar-refractivity contribution in [1.82, 2.24) is 5.32 Å². The van der Waals surface area contributed by atoms with Crippen molar-refractivity contribution in [2.75, 3.05) is 13.2 Å². The highest BCUT2D eigenvalue weighted by Crippen LogP contribution is 2.44. The number of hydrogen-bond acceptors (Lipinski definition) is 2. The Morgan fingerprint density at radius 1 is 1.00 bits per heavy atom. The second kappa shape index (κ2) is 8.52. The molecule has 1 aliphatic rings. The van der Waals surface area contributed by atoms with Crippen LogP contribution in [0.2, 0.25) is 0 Å². The topological polar surface area (TPSA) is 38.3 Å².